The van der Waals surface area contributed by atoms with Crippen molar-refractivity contribution >= 4 is 16.4 Å². The van der Waals surface area contributed by atoms with Crippen molar-refractivity contribution in [1.29, 1.82) is 0 Å². The van der Waals surface area contributed by atoms with Gasteiger partial charge in [0.1, 0.15) is 11.2 Å². The van der Waals surface area contributed by atoms with Crippen LogP contribution in [0.15, 0.2) is 53.4 Å². The predicted octanol–water partition coefficient (Wildman–Crippen LogP) is 2.41. The van der Waals surface area contributed by atoms with Crippen molar-refractivity contribution in [2.24, 2.45) is 0 Å². The van der Waals surface area contributed by atoms with Gasteiger partial charge in [-0.3, -0.25) is 9.35 Å². The van der Waals surface area contributed by atoms with E-state index in [9.17, 15) is 13.2 Å². The third-order valence-electron chi connectivity index (χ3n) is 2.52. The molecule has 2 aromatic rings. The maximum atomic E-state index is 11.2. The van der Waals surface area contributed by atoms with Gasteiger partial charge >= 0.3 is 0 Å². The lowest BCUT2D eigenvalue weighted by Gasteiger charge is -2.07. The quantitative estimate of drug-likeness (QED) is 0.681. The van der Waals surface area contributed by atoms with Crippen LogP contribution in [0, 0.1) is 0 Å². The summed E-state index contributed by atoms with van der Waals surface area (Å²) in [5.74, 6) is 0. The zero-order valence-electron chi connectivity index (χ0n) is 9.28. The molecule has 0 aliphatic rings. The van der Waals surface area contributed by atoms with Crippen molar-refractivity contribution in [2.75, 3.05) is 0 Å². The molecule has 0 aromatic heterocycles. The van der Waals surface area contributed by atoms with E-state index in [1.165, 1.54) is 12.1 Å². The van der Waals surface area contributed by atoms with Crippen molar-refractivity contribution in [3.05, 3.63) is 54.1 Å². The van der Waals surface area contributed by atoms with E-state index in [-0.39, 0.29) is 4.90 Å². The van der Waals surface area contributed by atoms with E-state index in [0.29, 0.717) is 23.0 Å². The minimum Gasteiger partial charge on any atom is -0.298 e. The molecular formula is C13H10O4S. The Balaban J connectivity index is 2.60. The Bertz CT molecular complexity index is 672. The Kier molecular flexibility index (Phi) is 3.27. The zero-order chi connectivity index (χ0) is 13.2. The Morgan fingerprint density at radius 3 is 2.11 bits per heavy atom. The number of aldehydes is 1. The van der Waals surface area contributed by atoms with Crippen molar-refractivity contribution in [2.45, 2.75) is 4.90 Å². The second-order valence-corrected chi connectivity index (χ2v) is 5.10. The van der Waals surface area contributed by atoms with E-state index in [1.807, 2.05) is 0 Å². The molecule has 0 saturated carbocycles. The predicted molar refractivity (Wildman–Crippen MR) is 67.1 cm³/mol. The van der Waals surface area contributed by atoms with E-state index < -0.39 is 10.1 Å². The summed E-state index contributed by atoms with van der Waals surface area (Å²) >= 11 is 0. The van der Waals surface area contributed by atoms with Crippen LogP contribution in [-0.4, -0.2) is 19.3 Å². The highest BCUT2D eigenvalue weighted by Crippen LogP contribution is 2.27. The van der Waals surface area contributed by atoms with Crippen LogP contribution < -0.4 is 0 Å². The average molecular weight is 262 g/mol. The van der Waals surface area contributed by atoms with Gasteiger partial charge in [-0.2, -0.15) is 8.42 Å². The highest BCUT2D eigenvalue weighted by molar-refractivity contribution is 7.86. The fourth-order valence-electron chi connectivity index (χ4n) is 1.67. The van der Waals surface area contributed by atoms with Gasteiger partial charge in [0, 0.05) is 11.1 Å². The minimum absolute atomic E-state index is 0.149. The smallest absolute Gasteiger partial charge is 0.295 e. The number of benzene rings is 2. The van der Waals surface area contributed by atoms with Crippen molar-refractivity contribution in [1.82, 2.24) is 0 Å². The summed E-state index contributed by atoms with van der Waals surface area (Å²) in [7, 11) is -4.27. The molecule has 92 valence electrons. The van der Waals surface area contributed by atoms with Crippen LogP contribution in [0.5, 0.6) is 0 Å². The van der Waals surface area contributed by atoms with Crippen LogP contribution in [-0.2, 0) is 10.1 Å². The molecule has 2 rings (SSSR count). The summed E-state index contributed by atoms with van der Waals surface area (Å²) < 4.78 is 31.6. The molecule has 4 nitrogen and oxygen atoms in total. The normalized spacial score (nSPS) is 11.2. The molecule has 0 unspecified atom stereocenters. The molecule has 0 heterocycles. The molecule has 1 N–H and O–H groups in total. The van der Waals surface area contributed by atoms with Crippen LogP contribution in [0.1, 0.15) is 10.4 Å². The standard InChI is InChI=1S/C13H10O4S/c14-9-10-5-7-11(8-6-10)12-3-1-2-4-13(12)18(15,16)17/h1-9H,(H,15,16,17). The molecule has 18 heavy (non-hydrogen) atoms. The number of carbonyl (C=O) groups excluding carboxylic acids is 1. The van der Waals surface area contributed by atoms with Gasteiger partial charge in [-0.05, 0) is 11.6 Å². The van der Waals surface area contributed by atoms with Crippen LogP contribution >= 0.6 is 0 Å². The van der Waals surface area contributed by atoms with Crippen LogP contribution in [0.3, 0.4) is 0 Å². The van der Waals surface area contributed by atoms with E-state index in [2.05, 4.69) is 0 Å². The average Bonchev–Trinajstić information content (AvgIpc) is 2.38. The molecule has 0 fully saturated rings. The fraction of sp³-hybridized carbons (Fsp3) is 0. The van der Waals surface area contributed by atoms with Gasteiger partial charge in [-0.1, -0.05) is 42.5 Å². The highest BCUT2D eigenvalue weighted by atomic mass is 32.2. The van der Waals surface area contributed by atoms with Crippen molar-refractivity contribution in [3.8, 4) is 11.1 Å². The third kappa shape index (κ3) is 2.47. The summed E-state index contributed by atoms with van der Waals surface area (Å²) in [6.07, 6.45) is 0.707. The molecule has 0 saturated heterocycles. The SMILES string of the molecule is O=Cc1ccc(-c2ccccc2S(=O)(=O)O)cc1. The summed E-state index contributed by atoms with van der Waals surface area (Å²) in [6, 6.07) is 12.6. The minimum atomic E-state index is -4.27. The number of rotatable bonds is 3. The molecule has 0 aliphatic heterocycles. The monoisotopic (exact) mass is 262 g/mol. The van der Waals surface area contributed by atoms with E-state index in [1.54, 1.807) is 36.4 Å². The third-order valence-corrected chi connectivity index (χ3v) is 3.43. The maximum Gasteiger partial charge on any atom is 0.295 e. The first kappa shape index (κ1) is 12.5. The second kappa shape index (κ2) is 4.72. The number of hydrogen-bond acceptors (Lipinski definition) is 3. The van der Waals surface area contributed by atoms with Gasteiger partial charge in [0.25, 0.3) is 10.1 Å². The Labute approximate surface area is 105 Å². The zero-order valence-corrected chi connectivity index (χ0v) is 10.1. The van der Waals surface area contributed by atoms with Gasteiger partial charge in [0.15, 0.2) is 0 Å². The Morgan fingerprint density at radius 1 is 0.944 bits per heavy atom. The van der Waals surface area contributed by atoms with Crippen molar-refractivity contribution in [3.63, 3.8) is 0 Å². The van der Waals surface area contributed by atoms with E-state index in [0.717, 1.165) is 0 Å². The van der Waals surface area contributed by atoms with Crippen LogP contribution in [0.4, 0.5) is 0 Å². The lowest BCUT2D eigenvalue weighted by molar-refractivity contribution is 0.112. The largest absolute Gasteiger partial charge is 0.298 e. The molecule has 0 radical (unpaired) electrons. The molecule has 0 bridgehead atoms. The van der Waals surface area contributed by atoms with Gasteiger partial charge < -0.3 is 0 Å². The number of hydrogen-bond donors (Lipinski definition) is 1. The Hall–Kier alpha value is -1.98. The molecule has 0 spiro atoms. The molecule has 0 amide bonds. The summed E-state index contributed by atoms with van der Waals surface area (Å²) in [5, 5.41) is 0. The Morgan fingerprint density at radius 2 is 1.56 bits per heavy atom. The maximum absolute atomic E-state index is 11.2. The van der Waals surface area contributed by atoms with Crippen LogP contribution in [0.2, 0.25) is 0 Å². The van der Waals surface area contributed by atoms with E-state index >= 15 is 0 Å². The summed E-state index contributed by atoms with van der Waals surface area (Å²) in [4.78, 5) is 10.4. The molecule has 5 heteroatoms. The topological polar surface area (TPSA) is 71.4 Å². The lowest BCUT2D eigenvalue weighted by Crippen LogP contribution is -2.00. The highest BCUT2D eigenvalue weighted by Gasteiger charge is 2.15. The van der Waals surface area contributed by atoms with Gasteiger partial charge in [-0.25, -0.2) is 0 Å². The first-order valence-electron chi connectivity index (χ1n) is 5.14. The molecule has 0 aliphatic carbocycles. The lowest BCUT2D eigenvalue weighted by atomic mass is 10.0. The summed E-state index contributed by atoms with van der Waals surface area (Å²) in [6.45, 7) is 0. The van der Waals surface area contributed by atoms with Gasteiger partial charge in [0.2, 0.25) is 0 Å². The molecular weight excluding hydrogens is 252 g/mol. The summed E-state index contributed by atoms with van der Waals surface area (Å²) in [5.41, 5.74) is 1.52. The fourth-order valence-corrected chi connectivity index (χ4v) is 2.39. The van der Waals surface area contributed by atoms with Crippen molar-refractivity contribution < 1.29 is 17.8 Å². The first-order valence-corrected chi connectivity index (χ1v) is 6.58. The molecule has 0 atom stereocenters. The van der Waals surface area contributed by atoms with Crippen LogP contribution in [0.25, 0.3) is 11.1 Å². The van der Waals surface area contributed by atoms with Gasteiger partial charge in [0.05, 0.1) is 0 Å². The second-order valence-electron chi connectivity index (χ2n) is 3.71. The molecule has 2 aromatic carbocycles. The van der Waals surface area contributed by atoms with E-state index in [4.69, 9.17) is 4.55 Å². The number of carbonyl (C=O) groups is 1. The van der Waals surface area contributed by atoms with Gasteiger partial charge in [-0.15, -0.1) is 0 Å². The first-order chi connectivity index (χ1) is 8.52.